The predicted molar refractivity (Wildman–Crippen MR) is 59.9 cm³/mol. The van der Waals surface area contributed by atoms with E-state index in [9.17, 15) is 9.59 Å². The highest BCUT2D eigenvalue weighted by atomic mass is 16.5. The number of rotatable bonds is 3. The summed E-state index contributed by atoms with van der Waals surface area (Å²) in [5.41, 5.74) is -0.341. The normalized spacial score (nSPS) is 21.4. The number of hydrogen-bond donors (Lipinski definition) is 2. The Balaban J connectivity index is 2.30. The first-order valence-corrected chi connectivity index (χ1v) is 5.59. The van der Waals surface area contributed by atoms with Crippen molar-refractivity contribution in [1.29, 1.82) is 0 Å². The van der Waals surface area contributed by atoms with Gasteiger partial charge in [0, 0.05) is 6.54 Å². The Morgan fingerprint density at radius 1 is 1.56 bits per heavy atom. The van der Waals surface area contributed by atoms with Crippen LogP contribution in [0.2, 0.25) is 0 Å². The van der Waals surface area contributed by atoms with Crippen molar-refractivity contribution in [3.8, 4) is 0 Å². The van der Waals surface area contributed by atoms with Crippen LogP contribution in [-0.4, -0.2) is 36.6 Å². The molecule has 1 atom stereocenters. The van der Waals surface area contributed by atoms with Gasteiger partial charge in [-0.2, -0.15) is 0 Å². The molecule has 5 nitrogen and oxygen atoms in total. The molecule has 1 aliphatic heterocycles. The molecule has 0 aromatic rings. The summed E-state index contributed by atoms with van der Waals surface area (Å²) >= 11 is 0. The van der Waals surface area contributed by atoms with Crippen LogP contribution in [-0.2, 0) is 14.3 Å². The summed E-state index contributed by atoms with van der Waals surface area (Å²) in [4.78, 5) is 22.9. The van der Waals surface area contributed by atoms with Crippen LogP contribution < -0.4 is 10.6 Å². The van der Waals surface area contributed by atoms with Gasteiger partial charge in [-0.25, -0.2) is 0 Å². The number of carbonyl (C=O) groups is 2. The topological polar surface area (TPSA) is 67.4 Å². The zero-order valence-electron chi connectivity index (χ0n) is 10.1. The minimum Gasteiger partial charge on any atom is -0.366 e. The summed E-state index contributed by atoms with van der Waals surface area (Å²) in [7, 11) is 0. The molecular weight excluding hydrogens is 208 g/mol. The highest BCUT2D eigenvalue weighted by Crippen LogP contribution is 2.06. The van der Waals surface area contributed by atoms with Crippen molar-refractivity contribution < 1.29 is 14.3 Å². The molecule has 16 heavy (non-hydrogen) atoms. The highest BCUT2D eigenvalue weighted by molar-refractivity contribution is 5.88. The fourth-order valence-electron chi connectivity index (χ4n) is 1.43. The maximum Gasteiger partial charge on any atom is 0.246 e. The zero-order valence-corrected chi connectivity index (χ0v) is 10.1. The second-order valence-corrected chi connectivity index (χ2v) is 4.95. The Bertz CT molecular complexity index is 271. The summed E-state index contributed by atoms with van der Waals surface area (Å²) in [6, 6.07) is -0.398. The van der Waals surface area contributed by atoms with Crippen molar-refractivity contribution in [2.75, 3.05) is 13.2 Å². The molecule has 0 aromatic heterocycles. The van der Waals surface area contributed by atoms with Crippen LogP contribution in [0, 0.1) is 0 Å². The average molecular weight is 228 g/mol. The maximum absolute atomic E-state index is 11.5. The second-order valence-electron chi connectivity index (χ2n) is 4.95. The maximum atomic E-state index is 11.5. The van der Waals surface area contributed by atoms with Crippen LogP contribution in [0.4, 0.5) is 0 Å². The third kappa shape index (κ3) is 4.61. The van der Waals surface area contributed by atoms with E-state index in [0.29, 0.717) is 13.0 Å². The van der Waals surface area contributed by atoms with Crippen molar-refractivity contribution in [1.82, 2.24) is 10.6 Å². The molecule has 1 rings (SSSR count). The van der Waals surface area contributed by atoms with E-state index in [-0.39, 0.29) is 24.0 Å². The van der Waals surface area contributed by atoms with E-state index < -0.39 is 6.04 Å². The Kier molecular flexibility index (Phi) is 4.29. The molecule has 0 bridgehead atoms. The van der Waals surface area contributed by atoms with Gasteiger partial charge in [0.25, 0.3) is 0 Å². The molecule has 0 radical (unpaired) electrons. The van der Waals surface area contributed by atoms with Gasteiger partial charge in [0.2, 0.25) is 11.8 Å². The predicted octanol–water partition coefficient (Wildman–Crippen LogP) is 0.196. The number of carbonyl (C=O) groups excluding carboxylic acids is 2. The smallest absolute Gasteiger partial charge is 0.246 e. The number of nitrogens with one attached hydrogen (secondary N) is 2. The standard InChI is InChI=1S/C11H20N2O3/c1-11(2,3)16-7-9(14)13-8-5-4-6-12-10(8)15/h8H,4-7H2,1-3H3,(H,12,15)(H,13,14). The lowest BCUT2D eigenvalue weighted by Crippen LogP contribution is -2.51. The molecule has 1 saturated heterocycles. The van der Waals surface area contributed by atoms with Crippen LogP contribution >= 0.6 is 0 Å². The van der Waals surface area contributed by atoms with Gasteiger partial charge >= 0.3 is 0 Å². The lowest BCUT2D eigenvalue weighted by Gasteiger charge is -2.24. The van der Waals surface area contributed by atoms with Gasteiger partial charge < -0.3 is 15.4 Å². The van der Waals surface area contributed by atoms with E-state index in [1.807, 2.05) is 20.8 Å². The summed E-state index contributed by atoms with van der Waals surface area (Å²) in [6.45, 7) is 6.34. The Labute approximate surface area is 95.9 Å². The van der Waals surface area contributed by atoms with E-state index in [1.165, 1.54) is 0 Å². The molecule has 0 saturated carbocycles. The van der Waals surface area contributed by atoms with Crippen molar-refractivity contribution in [2.24, 2.45) is 0 Å². The van der Waals surface area contributed by atoms with Crippen LogP contribution in [0.5, 0.6) is 0 Å². The third-order valence-electron chi connectivity index (χ3n) is 2.26. The minimum absolute atomic E-state index is 0.00667. The van der Waals surface area contributed by atoms with Crippen molar-refractivity contribution in [3.05, 3.63) is 0 Å². The van der Waals surface area contributed by atoms with E-state index >= 15 is 0 Å². The number of piperidine rings is 1. The first-order chi connectivity index (χ1) is 7.38. The minimum atomic E-state index is -0.398. The van der Waals surface area contributed by atoms with Crippen LogP contribution in [0.1, 0.15) is 33.6 Å². The molecule has 1 fully saturated rings. The quantitative estimate of drug-likeness (QED) is 0.725. The second kappa shape index (κ2) is 5.30. The van der Waals surface area contributed by atoms with Gasteiger partial charge in [-0.1, -0.05) is 0 Å². The molecule has 1 heterocycles. The fourth-order valence-corrected chi connectivity index (χ4v) is 1.43. The van der Waals surface area contributed by atoms with E-state index in [2.05, 4.69) is 10.6 Å². The molecule has 0 spiro atoms. The SMILES string of the molecule is CC(C)(C)OCC(=O)NC1CCCNC1=O. The van der Waals surface area contributed by atoms with Crippen LogP contribution in [0.15, 0.2) is 0 Å². The average Bonchev–Trinajstić information content (AvgIpc) is 2.18. The summed E-state index contributed by atoms with van der Waals surface area (Å²) in [5.74, 6) is -0.340. The monoisotopic (exact) mass is 228 g/mol. The van der Waals surface area contributed by atoms with Crippen molar-refractivity contribution >= 4 is 11.8 Å². The number of ether oxygens (including phenoxy) is 1. The molecule has 92 valence electrons. The van der Waals surface area contributed by atoms with Gasteiger partial charge in [-0.3, -0.25) is 9.59 Å². The number of amides is 2. The largest absolute Gasteiger partial charge is 0.366 e. The van der Waals surface area contributed by atoms with Gasteiger partial charge in [0.05, 0.1) is 5.60 Å². The van der Waals surface area contributed by atoms with Crippen molar-refractivity contribution in [3.63, 3.8) is 0 Å². The van der Waals surface area contributed by atoms with E-state index in [0.717, 1.165) is 6.42 Å². The van der Waals surface area contributed by atoms with E-state index in [4.69, 9.17) is 4.74 Å². The summed E-state index contributed by atoms with van der Waals surface area (Å²) in [5, 5.41) is 5.38. The Morgan fingerprint density at radius 2 is 2.25 bits per heavy atom. The lowest BCUT2D eigenvalue weighted by molar-refractivity contribution is -0.135. The van der Waals surface area contributed by atoms with Crippen LogP contribution in [0.3, 0.4) is 0 Å². The summed E-state index contributed by atoms with van der Waals surface area (Å²) in [6.07, 6.45) is 1.60. The third-order valence-corrected chi connectivity index (χ3v) is 2.26. The Morgan fingerprint density at radius 3 is 2.81 bits per heavy atom. The fraction of sp³-hybridized carbons (Fsp3) is 0.818. The molecule has 2 N–H and O–H groups in total. The van der Waals surface area contributed by atoms with E-state index in [1.54, 1.807) is 0 Å². The van der Waals surface area contributed by atoms with Gasteiger partial charge in [0.1, 0.15) is 12.6 Å². The molecule has 0 aliphatic carbocycles. The Hall–Kier alpha value is -1.10. The zero-order chi connectivity index (χ0) is 12.2. The summed E-state index contributed by atoms with van der Waals surface area (Å²) < 4.78 is 5.32. The first-order valence-electron chi connectivity index (χ1n) is 5.59. The van der Waals surface area contributed by atoms with Crippen LogP contribution in [0.25, 0.3) is 0 Å². The molecule has 2 amide bonds. The highest BCUT2D eigenvalue weighted by Gasteiger charge is 2.24. The molecule has 1 aliphatic rings. The van der Waals surface area contributed by atoms with Gasteiger partial charge in [-0.15, -0.1) is 0 Å². The molecule has 1 unspecified atom stereocenters. The van der Waals surface area contributed by atoms with Crippen molar-refractivity contribution in [2.45, 2.75) is 45.3 Å². The molecular formula is C11H20N2O3. The van der Waals surface area contributed by atoms with Gasteiger partial charge in [-0.05, 0) is 33.6 Å². The number of hydrogen-bond acceptors (Lipinski definition) is 3. The first kappa shape index (κ1) is 13.0. The molecule has 5 heteroatoms. The van der Waals surface area contributed by atoms with Gasteiger partial charge in [0.15, 0.2) is 0 Å². The molecule has 0 aromatic carbocycles. The lowest BCUT2D eigenvalue weighted by atomic mass is 10.1.